The topological polar surface area (TPSA) is 91.8 Å². The number of amides is 2. The lowest BCUT2D eigenvalue weighted by Gasteiger charge is -2.36. The first kappa shape index (κ1) is 25.4. The van der Waals surface area contributed by atoms with Gasteiger partial charge in [0.1, 0.15) is 17.7 Å². The van der Waals surface area contributed by atoms with Gasteiger partial charge in [0.2, 0.25) is 5.91 Å². The zero-order valence-corrected chi connectivity index (χ0v) is 19.1. The Balaban J connectivity index is 0.00000218. The summed E-state index contributed by atoms with van der Waals surface area (Å²) in [6.45, 7) is 12.0. The summed E-state index contributed by atoms with van der Waals surface area (Å²) in [6, 6.07) is 3.76. The van der Waals surface area contributed by atoms with Gasteiger partial charge in [-0.3, -0.25) is 4.79 Å². The summed E-state index contributed by atoms with van der Waals surface area (Å²) in [5, 5.41) is 2.56. The molecule has 1 aliphatic rings. The highest BCUT2D eigenvalue weighted by Crippen LogP contribution is 2.22. The number of aromatic nitrogens is 1. The van der Waals surface area contributed by atoms with E-state index >= 15 is 0 Å². The SMILES string of the molecule is CC.CNC(=O)CCC(C=O)c1ccc(N2CCN(C(=O)OC(C)(C)C)CC2)nc1. The van der Waals surface area contributed by atoms with E-state index in [9.17, 15) is 14.4 Å². The molecule has 1 fully saturated rings. The number of pyridine rings is 1. The van der Waals surface area contributed by atoms with Gasteiger partial charge in [-0.1, -0.05) is 19.9 Å². The van der Waals surface area contributed by atoms with E-state index in [-0.39, 0.29) is 17.9 Å². The molecule has 2 rings (SSSR count). The van der Waals surface area contributed by atoms with Crippen LogP contribution >= 0.6 is 0 Å². The van der Waals surface area contributed by atoms with Crippen molar-refractivity contribution < 1.29 is 19.1 Å². The first-order valence-corrected chi connectivity index (χ1v) is 10.6. The maximum atomic E-state index is 12.1. The summed E-state index contributed by atoms with van der Waals surface area (Å²) in [7, 11) is 1.58. The van der Waals surface area contributed by atoms with Crippen molar-refractivity contribution in [1.29, 1.82) is 0 Å². The molecule has 8 heteroatoms. The smallest absolute Gasteiger partial charge is 0.410 e. The summed E-state index contributed by atoms with van der Waals surface area (Å²) in [5.41, 5.74) is 0.300. The molecule has 0 aromatic carbocycles. The standard InChI is InChI=1S/C20H30N4O4.C2H6/c1-20(2,3)28-19(27)24-11-9-23(10-12-24)17-7-5-15(13-22-17)16(14-25)6-8-18(26)21-4;1-2/h5,7,13-14,16H,6,8-12H2,1-4H3,(H,21,26);1-2H3. The number of carbonyl (C=O) groups is 3. The number of hydrogen-bond donors (Lipinski definition) is 1. The average Bonchev–Trinajstić information content (AvgIpc) is 2.74. The third-order valence-corrected chi connectivity index (χ3v) is 4.58. The molecule has 1 unspecified atom stereocenters. The lowest BCUT2D eigenvalue weighted by molar-refractivity contribution is -0.120. The molecule has 1 N–H and O–H groups in total. The first-order chi connectivity index (χ1) is 14.2. The fourth-order valence-corrected chi connectivity index (χ4v) is 2.97. The number of aldehydes is 1. The minimum absolute atomic E-state index is 0.0840. The fourth-order valence-electron chi connectivity index (χ4n) is 2.97. The predicted molar refractivity (Wildman–Crippen MR) is 118 cm³/mol. The van der Waals surface area contributed by atoms with Crippen molar-refractivity contribution in [2.45, 2.75) is 59.0 Å². The molecule has 1 atom stereocenters. The number of ether oxygens (including phenoxy) is 1. The number of nitrogens with zero attached hydrogens (tertiary/aromatic N) is 3. The molecule has 0 saturated carbocycles. The lowest BCUT2D eigenvalue weighted by Crippen LogP contribution is -2.50. The number of anilines is 1. The van der Waals surface area contributed by atoms with Crippen LogP contribution in [0.5, 0.6) is 0 Å². The minimum Gasteiger partial charge on any atom is -0.444 e. The van der Waals surface area contributed by atoms with Gasteiger partial charge in [-0.05, 0) is 38.8 Å². The third-order valence-electron chi connectivity index (χ3n) is 4.58. The molecular weight excluding hydrogens is 384 g/mol. The van der Waals surface area contributed by atoms with E-state index in [4.69, 9.17) is 4.74 Å². The summed E-state index contributed by atoms with van der Waals surface area (Å²) >= 11 is 0. The first-order valence-electron chi connectivity index (χ1n) is 10.6. The molecule has 30 heavy (non-hydrogen) atoms. The van der Waals surface area contributed by atoms with Gasteiger partial charge in [-0.2, -0.15) is 0 Å². The Kier molecular flexibility index (Phi) is 10.3. The Labute approximate surface area is 180 Å². The summed E-state index contributed by atoms with van der Waals surface area (Å²) < 4.78 is 5.41. The van der Waals surface area contributed by atoms with Crippen LogP contribution in [0.4, 0.5) is 10.6 Å². The van der Waals surface area contributed by atoms with Crippen molar-refractivity contribution in [3.63, 3.8) is 0 Å². The monoisotopic (exact) mass is 420 g/mol. The summed E-state index contributed by atoms with van der Waals surface area (Å²) in [4.78, 5) is 43.2. The Hall–Kier alpha value is -2.64. The van der Waals surface area contributed by atoms with E-state index in [1.807, 2.05) is 46.8 Å². The van der Waals surface area contributed by atoms with Crippen LogP contribution in [0.25, 0.3) is 0 Å². The van der Waals surface area contributed by atoms with E-state index in [0.29, 0.717) is 39.0 Å². The highest BCUT2D eigenvalue weighted by Gasteiger charge is 2.26. The number of rotatable bonds is 6. The van der Waals surface area contributed by atoms with Crippen molar-refractivity contribution in [2.24, 2.45) is 0 Å². The zero-order chi connectivity index (χ0) is 22.7. The van der Waals surface area contributed by atoms with Crippen molar-refractivity contribution >= 4 is 24.1 Å². The molecule has 1 aliphatic heterocycles. The van der Waals surface area contributed by atoms with Gasteiger partial charge in [0.15, 0.2) is 0 Å². The van der Waals surface area contributed by atoms with Gasteiger partial charge in [0.05, 0.1) is 0 Å². The van der Waals surface area contributed by atoms with E-state index in [1.165, 1.54) is 0 Å². The highest BCUT2D eigenvalue weighted by molar-refractivity contribution is 5.76. The quantitative estimate of drug-likeness (QED) is 0.712. The summed E-state index contributed by atoms with van der Waals surface area (Å²) in [5.74, 6) is 0.380. The van der Waals surface area contributed by atoms with E-state index in [0.717, 1.165) is 17.7 Å². The van der Waals surface area contributed by atoms with Crippen LogP contribution in [0.3, 0.4) is 0 Å². The minimum atomic E-state index is -0.501. The Bertz CT molecular complexity index is 677. The maximum absolute atomic E-state index is 12.1. The van der Waals surface area contributed by atoms with E-state index < -0.39 is 5.60 Å². The molecule has 1 aromatic rings. The second-order valence-electron chi connectivity index (χ2n) is 7.86. The summed E-state index contributed by atoms with van der Waals surface area (Å²) in [6.07, 6.45) is 3.02. The molecule has 1 saturated heterocycles. The fraction of sp³-hybridized carbons (Fsp3) is 0.636. The van der Waals surface area contributed by atoms with E-state index in [2.05, 4.69) is 15.2 Å². The highest BCUT2D eigenvalue weighted by atomic mass is 16.6. The number of nitrogens with one attached hydrogen (secondary N) is 1. The predicted octanol–water partition coefficient (Wildman–Crippen LogP) is 2.97. The van der Waals surface area contributed by atoms with Gasteiger partial charge >= 0.3 is 6.09 Å². The lowest BCUT2D eigenvalue weighted by atomic mass is 9.97. The number of carbonyl (C=O) groups excluding carboxylic acids is 3. The molecule has 0 aliphatic carbocycles. The molecule has 0 spiro atoms. The zero-order valence-electron chi connectivity index (χ0n) is 19.1. The van der Waals surface area contributed by atoms with Gasteiger partial charge in [-0.15, -0.1) is 0 Å². The largest absolute Gasteiger partial charge is 0.444 e. The Morgan fingerprint density at radius 3 is 2.30 bits per heavy atom. The third kappa shape index (κ3) is 8.00. The van der Waals surface area contributed by atoms with Gasteiger partial charge in [0.25, 0.3) is 0 Å². The molecule has 1 aromatic heterocycles. The maximum Gasteiger partial charge on any atom is 0.410 e. The van der Waals surface area contributed by atoms with Crippen LogP contribution in [-0.4, -0.2) is 67.0 Å². The van der Waals surface area contributed by atoms with Crippen LogP contribution in [0, 0.1) is 0 Å². The van der Waals surface area contributed by atoms with Crippen molar-refractivity contribution in [2.75, 3.05) is 38.1 Å². The van der Waals surface area contributed by atoms with Crippen LogP contribution in [0.2, 0.25) is 0 Å². The molecule has 2 amide bonds. The molecule has 2 heterocycles. The molecule has 0 radical (unpaired) electrons. The van der Waals surface area contributed by atoms with Gasteiger partial charge in [0, 0.05) is 51.8 Å². The molecule has 168 valence electrons. The van der Waals surface area contributed by atoms with Gasteiger partial charge in [-0.25, -0.2) is 9.78 Å². The second-order valence-corrected chi connectivity index (χ2v) is 7.86. The van der Waals surface area contributed by atoms with Crippen molar-refractivity contribution in [3.8, 4) is 0 Å². The van der Waals surface area contributed by atoms with E-state index in [1.54, 1.807) is 18.1 Å². The Morgan fingerprint density at radius 1 is 1.20 bits per heavy atom. The second kappa shape index (κ2) is 12.1. The van der Waals surface area contributed by atoms with Crippen LogP contribution in [0.15, 0.2) is 18.3 Å². The van der Waals surface area contributed by atoms with Crippen LogP contribution < -0.4 is 10.2 Å². The number of hydrogen-bond acceptors (Lipinski definition) is 6. The molecule has 8 nitrogen and oxygen atoms in total. The Morgan fingerprint density at radius 2 is 1.83 bits per heavy atom. The average molecular weight is 421 g/mol. The van der Waals surface area contributed by atoms with Crippen molar-refractivity contribution in [3.05, 3.63) is 23.9 Å². The number of piperazine rings is 1. The normalized spacial score (nSPS) is 14.9. The van der Waals surface area contributed by atoms with Gasteiger partial charge < -0.3 is 24.6 Å². The molecular formula is C22H36N4O4. The molecule has 0 bridgehead atoms. The van der Waals surface area contributed by atoms with Crippen molar-refractivity contribution in [1.82, 2.24) is 15.2 Å². The van der Waals surface area contributed by atoms with Crippen LogP contribution in [-0.2, 0) is 14.3 Å². The van der Waals surface area contributed by atoms with Crippen LogP contribution in [0.1, 0.15) is 58.9 Å².